The third-order valence-electron chi connectivity index (χ3n) is 5.76. The van der Waals surface area contributed by atoms with Crippen molar-refractivity contribution in [3.05, 3.63) is 71.3 Å². The maximum absolute atomic E-state index is 13.2. The fourth-order valence-corrected chi connectivity index (χ4v) is 5.96. The van der Waals surface area contributed by atoms with Gasteiger partial charge in [0.25, 0.3) is 5.91 Å². The third kappa shape index (κ3) is 6.46. The summed E-state index contributed by atoms with van der Waals surface area (Å²) in [5, 5.41) is 4.92. The van der Waals surface area contributed by atoms with E-state index in [9.17, 15) is 4.79 Å². The van der Waals surface area contributed by atoms with Crippen molar-refractivity contribution in [2.75, 3.05) is 12.3 Å². The van der Waals surface area contributed by atoms with Gasteiger partial charge in [0.05, 0.1) is 16.3 Å². The summed E-state index contributed by atoms with van der Waals surface area (Å²) in [6, 6.07) is 18.6. The highest BCUT2D eigenvalue weighted by molar-refractivity contribution is 8.26. The average Bonchev–Trinajstić information content (AvgIpc) is 3.42. The van der Waals surface area contributed by atoms with E-state index in [1.807, 2.05) is 59.0 Å². The Morgan fingerprint density at radius 2 is 1.77 bits per heavy atom. The second-order valence-electron chi connectivity index (χ2n) is 8.48. The molecule has 1 fully saturated rings. The molecule has 0 N–H and O–H groups in total. The Morgan fingerprint density at radius 3 is 2.49 bits per heavy atom. The topological polar surface area (TPSA) is 38.1 Å². The summed E-state index contributed by atoms with van der Waals surface area (Å²) < 4.78 is 2.53. The van der Waals surface area contributed by atoms with E-state index < -0.39 is 0 Å². The van der Waals surface area contributed by atoms with Crippen LogP contribution in [0.2, 0.25) is 0 Å². The molecule has 0 radical (unpaired) electrons. The Hall–Kier alpha value is -2.35. The Balaban J connectivity index is 1.64. The average molecular weight is 522 g/mol. The molecule has 182 valence electrons. The van der Waals surface area contributed by atoms with Crippen LogP contribution in [0.5, 0.6) is 0 Å². The molecule has 0 aliphatic carbocycles. The van der Waals surface area contributed by atoms with Crippen LogP contribution in [-0.2, 0) is 4.79 Å². The zero-order valence-corrected chi connectivity index (χ0v) is 22.7. The quantitative estimate of drug-likeness (QED) is 0.111. The first-order valence-corrected chi connectivity index (χ1v) is 14.5. The van der Waals surface area contributed by atoms with E-state index in [2.05, 4.69) is 38.1 Å². The first-order chi connectivity index (χ1) is 17.1. The van der Waals surface area contributed by atoms with Crippen LogP contribution in [0.15, 0.2) is 70.6 Å². The fourth-order valence-electron chi connectivity index (χ4n) is 3.89. The number of aromatic nitrogens is 2. The van der Waals surface area contributed by atoms with E-state index in [0.29, 0.717) is 15.8 Å². The molecule has 0 atom stereocenters. The number of rotatable bonds is 11. The highest BCUT2D eigenvalue weighted by Gasteiger charge is 2.32. The Bertz CT molecular complexity index is 1190. The summed E-state index contributed by atoms with van der Waals surface area (Å²) in [6.45, 7) is 5.07. The number of hydrogen-bond acceptors (Lipinski definition) is 5. The highest BCUT2D eigenvalue weighted by Crippen LogP contribution is 2.35. The first kappa shape index (κ1) is 25.7. The van der Waals surface area contributed by atoms with Crippen molar-refractivity contribution in [2.45, 2.75) is 50.8 Å². The summed E-state index contributed by atoms with van der Waals surface area (Å²) in [5.41, 5.74) is 3.78. The maximum atomic E-state index is 13.2. The molecule has 4 nitrogen and oxygen atoms in total. The van der Waals surface area contributed by atoms with Crippen LogP contribution < -0.4 is 0 Å². The van der Waals surface area contributed by atoms with Gasteiger partial charge in [-0.1, -0.05) is 87.4 Å². The molecule has 1 amide bonds. The zero-order chi connectivity index (χ0) is 24.6. The minimum Gasteiger partial charge on any atom is -0.293 e. The van der Waals surface area contributed by atoms with Gasteiger partial charge in [-0.05, 0) is 48.9 Å². The van der Waals surface area contributed by atoms with Gasteiger partial charge in [0.2, 0.25) is 0 Å². The van der Waals surface area contributed by atoms with Crippen LogP contribution >= 0.6 is 35.7 Å². The highest BCUT2D eigenvalue weighted by atomic mass is 32.2. The van der Waals surface area contributed by atoms with E-state index in [0.717, 1.165) is 47.5 Å². The maximum Gasteiger partial charge on any atom is 0.266 e. The molecule has 2 heterocycles. The van der Waals surface area contributed by atoms with Gasteiger partial charge in [-0.3, -0.25) is 9.69 Å². The van der Waals surface area contributed by atoms with Crippen molar-refractivity contribution in [1.29, 1.82) is 0 Å². The number of para-hydroxylation sites is 1. The van der Waals surface area contributed by atoms with E-state index in [4.69, 9.17) is 17.3 Å². The molecule has 0 spiro atoms. The molecule has 1 saturated heterocycles. The lowest BCUT2D eigenvalue weighted by Crippen LogP contribution is -2.29. The lowest BCUT2D eigenvalue weighted by molar-refractivity contribution is -0.122. The molecule has 1 aromatic heterocycles. The number of thiocarbonyl (C=S) groups is 1. The number of hydrogen-bond donors (Lipinski definition) is 0. The van der Waals surface area contributed by atoms with Crippen molar-refractivity contribution in [3.8, 4) is 16.9 Å². The zero-order valence-electron chi connectivity index (χ0n) is 20.3. The molecule has 0 unspecified atom stereocenters. The summed E-state index contributed by atoms with van der Waals surface area (Å²) in [6.07, 6.45) is 9.55. The van der Waals surface area contributed by atoms with E-state index >= 15 is 0 Å². The van der Waals surface area contributed by atoms with Gasteiger partial charge in [0.1, 0.15) is 4.32 Å². The molecule has 1 aliphatic heterocycles. The SMILES string of the molecule is CCCCCCN1C(=O)/C(=C/c2cn(-c3ccccc3)nc2-c2ccc(SCCC)cc2)SC1=S. The smallest absolute Gasteiger partial charge is 0.266 e. The van der Waals surface area contributed by atoms with Gasteiger partial charge in [-0.2, -0.15) is 5.10 Å². The van der Waals surface area contributed by atoms with Gasteiger partial charge in [0.15, 0.2) is 0 Å². The Labute approximate surface area is 222 Å². The molecule has 3 aromatic rings. The van der Waals surface area contributed by atoms with Crippen molar-refractivity contribution in [3.63, 3.8) is 0 Å². The molecule has 2 aromatic carbocycles. The number of thioether (sulfide) groups is 2. The van der Waals surface area contributed by atoms with Gasteiger partial charge in [0, 0.05) is 28.8 Å². The minimum absolute atomic E-state index is 0.00113. The van der Waals surface area contributed by atoms with Crippen LogP contribution in [0.25, 0.3) is 23.0 Å². The molecule has 35 heavy (non-hydrogen) atoms. The monoisotopic (exact) mass is 521 g/mol. The predicted octanol–water partition coefficient (Wildman–Crippen LogP) is 7.82. The molecule has 0 saturated carbocycles. The summed E-state index contributed by atoms with van der Waals surface area (Å²) in [4.78, 5) is 16.8. The lowest BCUT2D eigenvalue weighted by atomic mass is 10.1. The number of amides is 1. The van der Waals surface area contributed by atoms with E-state index in [1.54, 1.807) is 4.90 Å². The van der Waals surface area contributed by atoms with Gasteiger partial charge < -0.3 is 0 Å². The van der Waals surface area contributed by atoms with Gasteiger partial charge in [-0.15, -0.1) is 11.8 Å². The molecule has 0 bridgehead atoms. The van der Waals surface area contributed by atoms with E-state index in [1.165, 1.54) is 29.5 Å². The van der Waals surface area contributed by atoms with Crippen molar-refractivity contribution < 1.29 is 4.79 Å². The standard InChI is InChI=1S/C28H31N3OS3/c1-3-5-6-10-17-30-27(32)25(35-28(30)33)19-22-20-31(23-11-8-7-9-12-23)29-26(22)21-13-15-24(16-14-21)34-18-4-2/h7-9,11-16,19-20H,3-6,10,17-18H2,1-2H3/b25-19-. The third-order valence-corrected chi connectivity index (χ3v) is 8.35. The number of carbonyl (C=O) groups is 1. The minimum atomic E-state index is 0.00113. The molecule has 4 rings (SSSR count). The van der Waals surface area contributed by atoms with Crippen LogP contribution in [0.1, 0.15) is 51.5 Å². The van der Waals surface area contributed by atoms with Gasteiger partial charge in [-0.25, -0.2) is 4.68 Å². The summed E-state index contributed by atoms with van der Waals surface area (Å²) in [5.74, 6) is 1.11. The molecular weight excluding hydrogens is 491 g/mol. The molecule has 1 aliphatic rings. The van der Waals surface area contributed by atoms with Crippen LogP contribution in [-0.4, -0.2) is 37.2 Å². The van der Waals surface area contributed by atoms with Crippen LogP contribution in [0.4, 0.5) is 0 Å². The summed E-state index contributed by atoms with van der Waals surface area (Å²) >= 11 is 8.80. The van der Waals surface area contributed by atoms with Gasteiger partial charge >= 0.3 is 0 Å². The van der Waals surface area contributed by atoms with Crippen LogP contribution in [0.3, 0.4) is 0 Å². The van der Waals surface area contributed by atoms with Crippen molar-refractivity contribution >= 4 is 52.0 Å². The largest absolute Gasteiger partial charge is 0.293 e. The fraction of sp³-hybridized carbons (Fsp3) is 0.321. The number of unbranched alkanes of at least 4 members (excludes halogenated alkanes) is 3. The number of nitrogens with zero attached hydrogens (tertiary/aromatic N) is 3. The second kappa shape index (κ2) is 12.6. The summed E-state index contributed by atoms with van der Waals surface area (Å²) in [7, 11) is 0. The van der Waals surface area contributed by atoms with E-state index in [-0.39, 0.29) is 5.91 Å². The van der Waals surface area contributed by atoms with Crippen molar-refractivity contribution in [1.82, 2.24) is 14.7 Å². The number of carbonyl (C=O) groups excluding carboxylic acids is 1. The second-order valence-corrected chi connectivity index (χ2v) is 11.3. The predicted molar refractivity (Wildman–Crippen MR) is 154 cm³/mol. The normalized spacial score (nSPS) is 14.9. The van der Waals surface area contributed by atoms with Crippen LogP contribution in [0, 0.1) is 0 Å². The lowest BCUT2D eigenvalue weighted by Gasteiger charge is -2.13. The first-order valence-electron chi connectivity index (χ1n) is 12.2. The molecule has 7 heteroatoms. The molecular formula is C28H31N3OS3. The Kier molecular flexibility index (Phi) is 9.24. The number of benzene rings is 2. The van der Waals surface area contributed by atoms with Crippen molar-refractivity contribution in [2.24, 2.45) is 0 Å². The Morgan fingerprint density at radius 1 is 1.00 bits per heavy atom.